The van der Waals surface area contributed by atoms with Crippen LogP contribution in [0.4, 0.5) is 10.5 Å². The highest BCUT2D eigenvalue weighted by molar-refractivity contribution is 5.89. The van der Waals surface area contributed by atoms with Gasteiger partial charge in [0.2, 0.25) is 0 Å². The van der Waals surface area contributed by atoms with Crippen LogP contribution in [0.5, 0.6) is 0 Å². The van der Waals surface area contributed by atoms with Crippen LogP contribution in [-0.4, -0.2) is 23.8 Å². The number of hydrogen-bond donors (Lipinski definition) is 3. The van der Waals surface area contributed by atoms with Gasteiger partial charge in [-0.15, -0.1) is 0 Å². The van der Waals surface area contributed by atoms with E-state index in [1.165, 1.54) is 0 Å². The Labute approximate surface area is 106 Å². The summed E-state index contributed by atoms with van der Waals surface area (Å²) in [6.07, 6.45) is 1.38. The molecule has 5 heteroatoms. The number of nitrogens with one attached hydrogen (secondary N) is 2. The van der Waals surface area contributed by atoms with Crippen molar-refractivity contribution in [2.45, 2.75) is 25.8 Å². The predicted molar refractivity (Wildman–Crippen MR) is 69.1 cm³/mol. The molecule has 0 aliphatic rings. The normalized spacial score (nSPS) is 11.4. The number of aliphatic hydroxyl groups excluding tert-OH is 1. The molecule has 0 spiro atoms. The zero-order chi connectivity index (χ0) is 13.4. The molecule has 0 heterocycles. The van der Waals surface area contributed by atoms with E-state index in [4.69, 9.17) is 10.4 Å². The summed E-state index contributed by atoms with van der Waals surface area (Å²) in [5.41, 5.74) is 1.09. The minimum Gasteiger partial charge on any atom is -0.396 e. The predicted octanol–water partition coefficient (Wildman–Crippen LogP) is 1.84. The number of anilines is 1. The van der Waals surface area contributed by atoms with Gasteiger partial charge in [-0.3, -0.25) is 0 Å². The van der Waals surface area contributed by atoms with Crippen molar-refractivity contribution in [3.63, 3.8) is 0 Å². The summed E-state index contributed by atoms with van der Waals surface area (Å²) in [6.45, 7) is 2.00. The zero-order valence-corrected chi connectivity index (χ0v) is 10.3. The molecule has 0 fully saturated rings. The first-order chi connectivity index (χ1) is 8.65. The summed E-state index contributed by atoms with van der Waals surface area (Å²) in [7, 11) is 0. The van der Waals surface area contributed by atoms with Crippen LogP contribution < -0.4 is 10.6 Å². The summed E-state index contributed by atoms with van der Waals surface area (Å²) in [4.78, 5) is 11.6. The molecule has 0 saturated carbocycles. The average Bonchev–Trinajstić information content (AvgIpc) is 2.36. The van der Waals surface area contributed by atoms with Crippen LogP contribution in [0.1, 0.15) is 25.3 Å². The smallest absolute Gasteiger partial charge is 0.319 e. The number of nitriles is 1. The molecule has 1 rings (SSSR count). The van der Waals surface area contributed by atoms with Crippen LogP contribution in [0.25, 0.3) is 0 Å². The van der Waals surface area contributed by atoms with Crippen LogP contribution in [0, 0.1) is 11.3 Å². The van der Waals surface area contributed by atoms with E-state index in [2.05, 4.69) is 10.6 Å². The van der Waals surface area contributed by atoms with E-state index in [0.717, 1.165) is 6.42 Å². The number of urea groups is 1. The molecule has 0 saturated heterocycles. The molecule has 0 aliphatic carbocycles. The molecule has 3 N–H and O–H groups in total. The second-order valence-corrected chi connectivity index (χ2v) is 4.06. The summed E-state index contributed by atoms with van der Waals surface area (Å²) >= 11 is 0. The second kappa shape index (κ2) is 7.30. The highest BCUT2D eigenvalue weighted by Gasteiger charge is 2.07. The molecular weight excluding hydrogens is 230 g/mol. The monoisotopic (exact) mass is 247 g/mol. The van der Waals surface area contributed by atoms with E-state index >= 15 is 0 Å². The number of hydrogen-bond acceptors (Lipinski definition) is 3. The Hall–Kier alpha value is -2.06. The summed E-state index contributed by atoms with van der Waals surface area (Å²) in [5.74, 6) is 0. The van der Waals surface area contributed by atoms with Crippen LogP contribution in [0.2, 0.25) is 0 Å². The average molecular weight is 247 g/mol. The second-order valence-electron chi connectivity index (χ2n) is 4.06. The molecular formula is C13H17N3O2. The van der Waals surface area contributed by atoms with E-state index in [-0.39, 0.29) is 18.7 Å². The van der Waals surface area contributed by atoms with Gasteiger partial charge >= 0.3 is 6.03 Å². The number of carbonyl (C=O) groups excluding carboxylic acids is 1. The van der Waals surface area contributed by atoms with Crippen molar-refractivity contribution in [3.05, 3.63) is 29.8 Å². The van der Waals surface area contributed by atoms with Gasteiger partial charge in [-0.05, 0) is 38.0 Å². The Morgan fingerprint density at radius 3 is 3.00 bits per heavy atom. The number of benzene rings is 1. The zero-order valence-electron chi connectivity index (χ0n) is 10.3. The van der Waals surface area contributed by atoms with E-state index in [1.54, 1.807) is 24.3 Å². The van der Waals surface area contributed by atoms with Gasteiger partial charge in [-0.25, -0.2) is 4.79 Å². The van der Waals surface area contributed by atoms with Crippen molar-refractivity contribution in [2.75, 3.05) is 11.9 Å². The lowest BCUT2D eigenvalue weighted by atomic mass is 10.2. The molecule has 18 heavy (non-hydrogen) atoms. The number of nitrogens with zero attached hydrogens (tertiary/aromatic N) is 1. The van der Waals surface area contributed by atoms with Gasteiger partial charge in [-0.1, -0.05) is 6.07 Å². The molecule has 1 aromatic rings. The van der Waals surface area contributed by atoms with Crippen molar-refractivity contribution < 1.29 is 9.90 Å². The van der Waals surface area contributed by atoms with Crippen molar-refractivity contribution in [3.8, 4) is 6.07 Å². The van der Waals surface area contributed by atoms with Crippen LogP contribution >= 0.6 is 0 Å². The van der Waals surface area contributed by atoms with Gasteiger partial charge in [-0.2, -0.15) is 5.26 Å². The Morgan fingerprint density at radius 1 is 1.56 bits per heavy atom. The highest BCUT2D eigenvalue weighted by Crippen LogP contribution is 2.09. The molecule has 2 amide bonds. The number of aliphatic hydroxyl groups is 1. The topological polar surface area (TPSA) is 85.2 Å². The Kier molecular flexibility index (Phi) is 5.68. The molecule has 96 valence electrons. The molecule has 1 unspecified atom stereocenters. The van der Waals surface area contributed by atoms with Gasteiger partial charge in [0.05, 0.1) is 11.6 Å². The first kappa shape index (κ1) is 14.0. The molecule has 5 nitrogen and oxygen atoms in total. The number of carbonyl (C=O) groups is 1. The van der Waals surface area contributed by atoms with Crippen molar-refractivity contribution in [1.82, 2.24) is 5.32 Å². The Balaban J connectivity index is 2.46. The fraction of sp³-hybridized carbons (Fsp3) is 0.385. The first-order valence-electron chi connectivity index (χ1n) is 5.84. The molecule has 0 aliphatic heterocycles. The largest absolute Gasteiger partial charge is 0.396 e. The maximum atomic E-state index is 11.6. The third kappa shape index (κ3) is 4.85. The van der Waals surface area contributed by atoms with E-state index in [9.17, 15) is 4.79 Å². The van der Waals surface area contributed by atoms with Gasteiger partial charge < -0.3 is 15.7 Å². The first-order valence-corrected chi connectivity index (χ1v) is 5.84. The molecule has 0 bridgehead atoms. The fourth-order valence-electron chi connectivity index (χ4n) is 1.53. The maximum Gasteiger partial charge on any atom is 0.319 e. The molecule has 0 aromatic heterocycles. The number of rotatable bonds is 5. The van der Waals surface area contributed by atoms with Gasteiger partial charge in [0.15, 0.2) is 0 Å². The lowest BCUT2D eigenvalue weighted by Crippen LogP contribution is -2.36. The fourth-order valence-corrected chi connectivity index (χ4v) is 1.53. The van der Waals surface area contributed by atoms with Crippen LogP contribution in [0.3, 0.4) is 0 Å². The molecule has 0 radical (unpaired) electrons. The molecule has 1 aromatic carbocycles. The van der Waals surface area contributed by atoms with Crippen LogP contribution in [0.15, 0.2) is 24.3 Å². The van der Waals surface area contributed by atoms with Gasteiger partial charge in [0.25, 0.3) is 0 Å². The lowest BCUT2D eigenvalue weighted by molar-refractivity contribution is 0.245. The van der Waals surface area contributed by atoms with E-state index in [1.807, 2.05) is 13.0 Å². The third-order valence-corrected chi connectivity index (χ3v) is 2.42. The van der Waals surface area contributed by atoms with Gasteiger partial charge in [0, 0.05) is 18.3 Å². The van der Waals surface area contributed by atoms with E-state index in [0.29, 0.717) is 17.7 Å². The summed E-state index contributed by atoms with van der Waals surface area (Å²) < 4.78 is 0. The van der Waals surface area contributed by atoms with Crippen molar-refractivity contribution in [2.24, 2.45) is 0 Å². The number of amides is 2. The lowest BCUT2D eigenvalue weighted by Gasteiger charge is -2.14. The minimum atomic E-state index is -0.310. The van der Waals surface area contributed by atoms with Crippen LogP contribution in [-0.2, 0) is 0 Å². The maximum absolute atomic E-state index is 11.6. The highest BCUT2D eigenvalue weighted by atomic mass is 16.3. The summed E-state index contributed by atoms with van der Waals surface area (Å²) in [5, 5.41) is 22.8. The van der Waals surface area contributed by atoms with Crippen molar-refractivity contribution >= 4 is 11.7 Å². The minimum absolute atomic E-state index is 0.00343. The summed E-state index contributed by atoms with van der Waals surface area (Å²) in [6, 6.07) is 8.41. The Bertz CT molecular complexity index is 440. The van der Waals surface area contributed by atoms with E-state index < -0.39 is 0 Å². The van der Waals surface area contributed by atoms with Crippen molar-refractivity contribution in [1.29, 1.82) is 5.26 Å². The third-order valence-electron chi connectivity index (χ3n) is 2.42. The quantitative estimate of drug-likeness (QED) is 0.742. The standard InChI is InChI=1S/C13H17N3O2/c1-10(4-3-7-17)15-13(18)16-12-6-2-5-11(8-12)9-14/h2,5-6,8,10,17H,3-4,7H2,1H3,(H2,15,16,18). The van der Waals surface area contributed by atoms with Gasteiger partial charge in [0.1, 0.15) is 0 Å². The Morgan fingerprint density at radius 2 is 2.33 bits per heavy atom. The SMILES string of the molecule is CC(CCCO)NC(=O)Nc1cccc(C#N)c1. The molecule has 1 atom stereocenters.